The van der Waals surface area contributed by atoms with Crippen LogP contribution in [0.2, 0.25) is 0 Å². The van der Waals surface area contributed by atoms with Crippen molar-refractivity contribution in [3.05, 3.63) is 28.2 Å². The van der Waals surface area contributed by atoms with Crippen LogP contribution in [-0.2, 0) is 0 Å². The molecule has 1 aromatic rings. The highest BCUT2D eigenvalue weighted by Gasteiger charge is 2.37. The molecule has 1 fully saturated rings. The van der Waals surface area contributed by atoms with Gasteiger partial charge in [0.15, 0.2) is 11.5 Å². The van der Waals surface area contributed by atoms with Crippen LogP contribution in [0.4, 0.5) is 8.78 Å². The number of ether oxygens (including phenoxy) is 2. The molecule has 2 aliphatic rings. The van der Waals surface area contributed by atoms with E-state index in [0.29, 0.717) is 5.75 Å². The van der Waals surface area contributed by atoms with Gasteiger partial charge in [0.05, 0.1) is 0 Å². The third-order valence-electron chi connectivity index (χ3n) is 3.63. The lowest BCUT2D eigenvalue weighted by molar-refractivity contribution is -0.0530. The van der Waals surface area contributed by atoms with Gasteiger partial charge in [-0.15, -0.1) is 0 Å². The highest BCUT2D eigenvalue weighted by atomic mass is 79.9. The average Bonchev–Trinajstić information content (AvgIpc) is 2.81. The minimum absolute atomic E-state index is 0.101. The van der Waals surface area contributed by atoms with E-state index in [-0.39, 0.29) is 11.4 Å². The van der Waals surface area contributed by atoms with Crippen LogP contribution in [-0.4, -0.2) is 12.2 Å². The first-order chi connectivity index (χ1) is 9.10. The van der Waals surface area contributed by atoms with Gasteiger partial charge in [0.25, 0.3) is 0 Å². The van der Waals surface area contributed by atoms with Crippen LogP contribution in [0.25, 0.3) is 6.08 Å². The third kappa shape index (κ3) is 2.36. The van der Waals surface area contributed by atoms with Crippen molar-refractivity contribution in [1.29, 1.82) is 0 Å². The summed E-state index contributed by atoms with van der Waals surface area (Å²) in [5.74, 6) is 0.517. The van der Waals surface area contributed by atoms with Crippen LogP contribution < -0.4 is 9.47 Å². The topological polar surface area (TPSA) is 18.5 Å². The molecule has 0 N–H and O–H groups in total. The SMILES string of the molecule is FC(F)Oc1ccc(Br)c2c1OC1(C=C2)CCCC1. The summed E-state index contributed by atoms with van der Waals surface area (Å²) in [5, 5.41) is 0. The van der Waals surface area contributed by atoms with Gasteiger partial charge in [0.2, 0.25) is 0 Å². The smallest absolute Gasteiger partial charge is 0.387 e. The zero-order valence-corrected chi connectivity index (χ0v) is 11.8. The van der Waals surface area contributed by atoms with Crippen molar-refractivity contribution >= 4 is 22.0 Å². The molecular formula is C14H13BrF2O2. The fourth-order valence-electron chi connectivity index (χ4n) is 2.72. The quantitative estimate of drug-likeness (QED) is 0.777. The molecule has 1 aliphatic heterocycles. The minimum atomic E-state index is -2.85. The zero-order valence-electron chi connectivity index (χ0n) is 10.2. The van der Waals surface area contributed by atoms with Gasteiger partial charge in [-0.1, -0.05) is 22.0 Å². The standard InChI is InChI=1S/C14H13BrF2O2/c15-10-3-4-11(18-13(16)17)12-9(10)5-8-14(19-12)6-1-2-7-14/h3-5,8,13H,1-2,6-7H2. The maximum absolute atomic E-state index is 12.5. The Balaban J connectivity index is 2.02. The van der Waals surface area contributed by atoms with Crippen molar-refractivity contribution in [3.63, 3.8) is 0 Å². The van der Waals surface area contributed by atoms with Gasteiger partial charge in [-0.05, 0) is 43.9 Å². The van der Waals surface area contributed by atoms with Gasteiger partial charge in [-0.3, -0.25) is 0 Å². The average molecular weight is 331 g/mol. The van der Waals surface area contributed by atoms with Crippen LogP contribution in [0.1, 0.15) is 31.2 Å². The summed E-state index contributed by atoms with van der Waals surface area (Å²) in [6.07, 6.45) is 8.01. The third-order valence-corrected chi connectivity index (χ3v) is 4.32. The molecular weight excluding hydrogens is 318 g/mol. The Hall–Kier alpha value is -1.10. The first kappa shape index (κ1) is 12.9. The fraction of sp³-hybridized carbons (Fsp3) is 0.429. The Morgan fingerprint density at radius 2 is 2.00 bits per heavy atom. The van der Waals surface area contributed by atoms with Crippen molar-refractivity contribution in [2.45, 2.75) is 37.9 Å². The summed E-state index contributed by atoms with van der Waals surface area (Å²) >= 11 is 3.41. The number of alkyl halides is 2. The number of hydrogen-bond acceptors (Lipinski definition) is 2. The van der Waals surface area contributed by atoms with Crippen LogP contribution in [0.3, 0.4) is 0 Å². The number of rotatable bonds is 2. The summed E-state index contributed by atoms with van der Waals surface area (Å²) in [4.78, 5) is 0. The van der Waals surface area contributed by atoms with E-state index < -0.39 is 6.61 Å². The van der Waals surface area contributed by atoms with Gasteiger partial charge >= 0.3 is 6.61 Å². The molecule has 1 aliphatic carbocycles. The molecule has 1 heterocycles. The van der Waals surface area contributed by atoms with Crippen molar-refractivity contribution < 1.29 is 18.3 Å². The normalized spacial score (nSPS) is 19.6. The Kier molecular flexibility index (Phi) is 3.25. The molecule has 1 aromatic carbocycles. The highest BCUT2D eigenvalue weighted by Crippen LogP contribution is 2.47. The predicted octanol–water partition coefficient (Wildman–Crippen LogP) is 4.77. The van der Waals surface area contributed by atoms with Crippen molar-refractivity contribution in [2.24, 2.45) is 0 Å². The first-order valence-electron chi connectivity index (χ1n) is 6.25. The second-order valence-corrected chi connectivity index (χ2v) is 5.73. The minimum Gasteiger partial charge on any atom is -0.479 e. The molecule has 102 valence electrons. The van der Waals surface area contributed by atoms with Gasteiger partial charge < -0.3 is 9.47 Å². The van der Waals surface area contributed by atoms with E-state index in [4.69, 9.17) is 4.74 Å². The second-order valence-electron chi connectivity index (χ2n) is 4.87. The molecule has 0 atom stereocenters. The van der Waals surface area contributed by atoms with E-state index in [1.807, 2.05) is 12.2 Å². The van der Waals surface area contributed by atoms with E-state index >= 15 is 0 Å². The summed E-state index contributed by atoms with van der Waals surface area (Å²) in [5.41, 5.74) is 0.421. The highest BCUT2D eigenvalue weighted by molar-refractivity contribution is 9.10. The molecule has 0 radical (unpaired) electrons. The Morgan fingerprint density at radius 1 is 1.26 bits per heavy atom. The molecule has 0 saturated heterocycles. The monoisotopic (exact) mass is 330 g/mol. The lowest BCUT2D eigenvalue weighted by Crippen LogP contribution is -2.32. The summed E-state index contributed by atoms with van der Waals surface area (Å²) in [6, 6.07) is 3.20. The Morgan fingerprint density at radius 3 is 2.68 bits per heavy atom. The predicted molar refractivity (Wildman–Crippen MR) is 71.6 cm³/mol. The largest absolute Gasteiger partial charge is 0.479 e. The molecule has 0 unspecified atom stereocenters. The van der Waals surface area contributed by atoms with E-state index in [0.717, 1.165) is 35.7 Å². The second kappa shape index (κ2) is 4.78. The van der Waals surface area contributed by atoms with E-state index in [1.54, 1.807) is 6.07 Å². The van der Waals surface area contributed by atoms with E-state index in [2.05, 4.69) is 20.7 Å². The zero-order chi connectivity index (χ0) is 13.5. The fourth-order valence-corrected chi connectivity index (χ4v) is 3.16. The van der Waals surface area contributed by atoms with E-state index in [1.165, 1.54) is 6.07 Å². The molecule has 0 aromatic heterocycles. The number of benzene rings is 1. The van der Waals surface area contributed by atoms with Crippen LogP contribution in [0.15, 0.2) is 22.7 Å². The van der Waals surface area contributed by atoms with Crippen molar-refractivity contribution in [3.8, 4) is 11.5 Å². The van der Waals surface area contributed by atoms with Gasteiger partial charge in [0.1, 0.15) is 5.60 Å². The number of hydrogen-bond donors (Lipinski definition) is 0. The Labute approximate surface area is 118 Å². The maximum Gasteiger partial charge on any atom is 0.387 e. The van der Waals surface area contributed by atoms with Gasteiger partial charge in [-0.2, -0.15) is 8.78 Å². The lowest BCUT2D eigenvalue weighted by Gasteiger charge is -2.32. The number of fused-ring (bicyclic) bond motifs is 1. The van der Waals surface area contributed by atoms with E-state index in [9.17, 15) is 8.78 Å². The molecule has 1 saturated carbocycles. The molecule has 19 heavy (non-hydrogen) atoms. The van der Waals surface area contributed by atoms with Crippen LogP contribution in [0.5, 0.6) is 11.5 Å². The van der Waals surface area contributed by atoms with Gasteiger partial charge in [0, 0.05) is 10.0 Å². The molecule has 3 rings (SSSR count). The molecule has 1 spiro atoms. The Bertz CT molecular complexity index is 522. The molecule has 0 amide bonds. The van der Waals surface area contributed by atoms with Gasteiger partial charge in [-0.25, -0.2) is 0 Å². The first-order valence-corrected chi connectivity index (χ1v) is 7.04. The maximum atomic E-state index is 12.5. The summed E-state index contributed by atoms with van der Waals surface area (Å²) in [6.45, 7) is -2.85. The molecule has 0 bridgehead atoms. The van der Waals surface area contributed by atoms with Crippen LogP contribution in [0, 0.1) is 0 Å². The van der Waals surface area contributed by atoms with Crippen molar-refractivity contribution in [1.82, 2.24) is 0 Å². The molecule has 5 heteroatoms. The van der Waals surface area contributed by atoms with Crippen molar-refractivity contribution in [2.75, 3.05) is 0 Å². The lowest BCUT2D eigenvalue weighted by atomic mass is 9.96. The summed E-state index contributed by atoms with van der Waals surface area (Å²) in [7, 11) is 0. The molecule has 2 nitrogen and oxygen atoms in total. The van der Waals surface area contributed by atoms with Crippen LogP contribution >= 0.6 is 15.9 Å². The summed E-state index contributed by atoms with van der Waals surface area (Å²) < 4.78 is 36.3. The number of halogens is 3.